The molecule has 0 saturated carbocycles. The largest absolute Gasteiger partial charge is 0.486 e. The monoisotopic (exact) mass is 407 g/mol. The summed E-state index contributed by atoms with van der Waals surface area (Å²) in [5, 5.41) is 11.4. The Balaban J connectivity index is 1.81. The Morgan fingerprint density at radius 2 is 1.96 bits per heavy atom. The molecule has 9 heteroatoms. The highest BCUT2D eigenvalue weighted by atomic mass is 32.2. The number of carbonyl (C=O) groups excluding carboxylic acids is 1. The highest BCUT2D eigenvalue weighted by Gasteiger charge is 2.14. The molecule has 0 aliphatic rings. The van der Waals surface area contributed by atoms with E-state index in [9.17, 15) is 4.79 Å². The summed E-state index contributed by atoms with van der Waals surface area (Å²) in [5.41, 5.74) is 1.33. The van der Waals surface area contributed by atoms with Crippen molar-refractivity contribution in [3.8, 4) is 5.75 Å². The Morgan fingerprint density at radius 1 is 1.25 bits per heavy atom. The number of methoxy groups -OCH3 is 1. The van der Waals surface area contributed by atoms with Crippen LogP contribution in [0.2, 0.25) is 0 Å². The molecule has 0 bridgehead atoms. The minimum atomic E-state index is -0.0826. The maximum absolute atomic E-state index is 11.8. The quantitative estimate of drug-likeness (QED) is 0.353. The molecule has 0 fully saturated rings. The topological polar surface area (TPSA) is 104 Å². The molecule has 8 nitrogen and oxygen atoms in total. The number of hydrogen-bond acceptors (Lipinski definition) is 7. The number of amides is 1. The lowest BCUT2D eigenvalue weighted by atomic mass is 9.87. The van der Waals surface area contributed by atoms with E-state index >= 15 is 0 Å². The Kier molecular flexibility index (Phi) is 8.13. The van der Waals surface area contributed by atoms with Gasteiger partial charge in [0, 0.05) is 20.3 Å². The van der Waals surface area contributed by atoms with Gasteiger partial charge in [-0.15, -0.1) is 10.2 Å². The molecule has 0 aliphatic heterocycles. The number of aromatic nitrogens is 3. The van der Waals surface area contributed by atoms with Gasteiger partial charge >= 0.3 is 0 Å². The van der Waals surface area contributed by atoms with E-state index in [4.69, 9.17) is 15.3 Å². The molecule has 0 saturated heterocycles. The second-order valence-corrected chi connectivity index (χ2v) is 8.26. The minimum Gasteiger partial charge on any atom is -0.486 e. The van der Waals surface area contributed by atoms with Crippen LogP contribution in [-0.2, 0) is 21.6 Å². The van der Waals surface area contributed by atoms with E-state index in [2.05, 4.69) is 48.4 Å². The van der Waals surface area contributed by atoms with Crippen LogP contribution in [0, 0.1) is 0 Å². The smallest absolute Gasteiger partial charge is 0.230 e. The summed E-state index contributed by atoms with van der Waals surface area (Å²) in [7, 11) is 1.63. The number of nitrogen functional groups attached to an aromatic ring is 1. The first-order valence-corrected chi connectivity index (χ1v) is 10.1. The fourth-order valence-corrected chi connectivity index (χ4v) is 3.03. The summed E-state index contributed by atoms with van der Waals surface area (Å²) in [6, 6.07) is 7.97. The number of ether oxygens (including phenoxy) is 2. The van der Waals surface area contributed by atoms with Crippen molar-refractivity contribution >= 4 is 17.7 Å². The van der Waals surface area contributed by atoms with E-state index < -0.39 is 0 Å². The standard InChI is InChI=1S/C19H29N5O3S/c1-19(2,3)14-6-8-15(9-7-14)27-12-16-22-23-18(24(16)20)28-13-17(25)21-10-5-11-26-4/h6-9H,5,10-13,20H2,1-4H3,(H,21,25). The third kappa shape index (κ3) is 6.72. The first kappa shape index (κ1) is 22.0. The molecule has 0 aliphatic carbocycles. The molecule has 1 aromatic heterocycles. The molecule has 1 amide bonds. The van der Waals surface area contributed by atoms with Gasteiger partial charge in [-0.2, -0.15) is 0 Å². The van der Waals surface area contributed by atoms with E-state index in [-0.39, 0.29) is 23.7 Å². The molecule has 0 radical (unpaired) electrons. The second-order valence-electron chi connectivity index (χ2n) is 7.32. The van der Waals surface area contributed by atoms with Crippen molar-refractivity contribution < 1.29 is 14.3 Å². The summed E-state index contributed by atoms with van der Waals surface area (Å²) in [5.74, 6) is 7.38. The number of benzene rings is 1. The SMILES string of the molecule is COCCCNC(=O)CSc1nnc(COc2ccc(C(C)(C)C)cc2)n1N. The van der Waals surface area contributed by atoms with Gasteiger partial charge < -0.3 is 20.6 Å². The van der Waals surface area contributed by atoms with Crippen LogP contribution in [-0.4, -0.2) is 46.8 Å². The number of nitrogens with two attached hydrogens (primary N) is 1. The van der Waals surface area contributed by atoms with Crippen molar-refractivity contribution in [3.63, 3.8) is 0 Å². The minimum absolute atomic E-state index is 0.0826. The summed E-state index contributed by atoms with van der Waals surface area (Å²) in [6.07, 6.45) is 0.776. The van der Waals surface area contributed by atoms with Crippen molar-refractivity contribution in [1.29, 1.82) is 0 Å². The van der Waals surface area contributed by atoms with E-state index in [1.54, 1.807) is 7.11 Å². The van der Waals surface area contributed by atoms with E-state index in [0.29, 0.717) is 24.1 Å². The van der Waals surface area contributed by atoms with Gasteiger partial charge in [0.2, 0.25) is 11.1 Å². The van der Waals surface area contributed by atoms with Gasteiger partial charge in [-0.05, 0) is 29.5 Å². The average Bonchev–Trinajstić information content (AvgIpc) is 3.01. The van der Waals surface area contributed by atoms with Crippen molar-refractivity contribution in [3.05, 3.63) is 35.7 Å². The van der Waals surface area contributed by atoms with Gasteiger partial charge in [-0.3, -0.25) is 4.79 Å². The van der Waals surface area contributed by atoms with E-state index in [1.807, 2.05) is 12.1 Å². The van der Waals surface area contributed by atoms with Gasteiger partial charge in [0.15, 0.2) is 5.82 Å². The molecule has 2 aromatic rings. The molecule has 28 heavy (non-hydrogen) atoms. The van der Waals surface area contributed by atoms with Crippen LogP contribution in [0.15, 0.2) is 29.4 Å². The molecule has 2 rings (SSSR count). The van der Waals surface area contributed by atoms with E-state index in [1.165, 1.54) is 22.0 Å². The first-order chi connectivity index (χ1) is 13.3. The second kappa shape index (κ2) is 10.3. The van der Waals surface area contributed by atoms with Gasteiger partial charge in [0.25, 0.3) is 0 Å². The van der Waals surface area contributed by atoms with Crippen LogP contribution in [0.25, 0.3) is 0 Å². The Morgan fingerprint density at radius 3 is 2.61 bits per heavy atom. The molecular weight excluding hydrogens is 378 g/mol. The lowest BCUT2D eigenvalue weighted by Crippen LogP contribution is -2.27. The highest BCUT2D eigenvalue weighted by molar-refractivity contribution is 7.99. The summed E-state index contributed by atoms with van der Waals surface area (Å²) < 4.78 is 12.0. The summed E-state index contributed by atoms with van der Waals surface area (Å²) in [4.78, 5) is 11.8. The lowest BCUT2D eigenvalue weighted by molar-refractivity contribution is -0.118. The van der Waals surface area contributed by atoms with Crippen LogP contribution >= 0.6 is 11.8 Å². The molecule has 1 aromatic carbocycles. The molecular formula is C19H29N5O3S. The maximum atomic E-state index is 11.8. The van der Waals surface area contributed by atoms with Gasteiger partial charge in [-0.25, -0.2) is 4.68 Å². The van der Waals surface area contributed by atoms with Crippen molar-refractivity contribution in [2.75, 3.05) is 31.9 Å². The number of thioether (sulfide) groups is 1. The summed E-state index contributed by atoms with van der Waals surface area (Å²) in [6.45, 7) is 7.89. The molecule has 0 unspecified atom stereocenters. The molecule has 0 spiro atoms. The van der Waals surface area contributed by atoms with Crippen molar-refractivity contribution in [2.45, 2.75) is 44.4 Å². The zero-order valence-electron chi connectivity index (χ0n) is 16.9. The Labute approximate surface area is 170 Å². The molecule has 0 atom stereocenters. The maximum Gasteiger partial charge on any atom is 0.230 e. The third-order valence-electron chi connectivity index (χ3n) is 4.00. The van der Waals surface area contributed by atoms with Gasteiger partial charge in [0.1, 0.15) is 12.4 Å². The lowest BCUT2D eigenvalue weighted by Gasteiger charge is -2.19. The molecule has 154 valence electrons. The highest BCUT2D eigenvalue weighted by Crippen LogP contribution is 2.24. The van der Waals surface area contributed by atoms with Crippen LogP contribution in [0.3, 0.4) is 0 Å². The van der Waals surface area contributed by atoms with Crippen LogP contribution in [0.4, 0.5) is 0 Å². The number of hydrogen-bond donors (Lipinski definition) is 2. The fourth-order valence-electron chi connectivity index (χ4n) is 2.33. The zero-order chi connectivity index (χ0) is 20.6. The van der Waals surface area contributed by atoms with Crippen LogP contribution in [0.5, 0.6) is 5.75 Å². The predicted molar refractivity (Wildman–Crippen MR) is 110 cm³/mol. The van der Waals surface area contributed by atoms with Crippen LogP contribution in [0.1, 0.15) is 38.6 Å². The number of carbonyl (C=O) groups is 1. The number of nitrogens with one attached hydrogen (secondary N) is 1. The van der Waals surface area contributed by atoms with Gasteiger partial charge in [-0.1, -0.05) is 44.7 Å². The normalized spacial score (nSPS) is 11.4. The molecule has 3 N–H and O–H groups in total. The summed E-state index contributed by atoms with van der Waals surface area (Å²) >= 11 is 1.23. The van der Waals surface area contributed by atoms with E-state index in [0.717, 1.165) is 12.2 Å². The fraction of sp³-hybridized carbons (Fsp3) is 0.526. The number of rotatable bonds is 10. The third-order valence-corrected chi connectivity index (χ3v) is 4.95. The Hall–Kier alpha value is -2.26. The first-order valence-electron chi connectivity index (χ1n) is 9.12. The zero-order valence-corrected chi connectivity index (χ0v) is 17.7. The van der Waals surface area contributed by atoms with Crippen molar-refractivity contribution in [2.24, 2.45) is 0 Å². The number of nitrogens with zero attached hydrogens (tertiary/aromatic N) is 3. The van der Waals surface area contributed by atoms with Crippen LogP contribution < -0.4 is 15.9 Å². The molecule has 1 heterocycles. The van der Waals surface area contributed by atoms with Crippen molar-refractivity contribution in [1.82, 2.24) is 20.2 Å². The Bertz CT molecular complexity index is 756. The average molecular weight is 408 g/mol. The predicted octanol–water partition coefficient (Wildman–Crippen LogP) is 2.11. The van der Waals surface area contributed by atoms with Gasteiger partial charge in [0.05, 0.1) is 5.75 Å².